The fourth-order valence-electron chi connectivity index (χ4n) is 2.18. The molecule has 3 heteroatoms. The van der Waals surface area contributed by atoms with E-state index in [2.05, 4.69) is 37.9 Å². The van der Waals surface area contributed by atoms with Crippen LogP contribution in [0.25, 0.3) is 0 Å². The molecule has 1 N–H and O–H groups in total. The molecule has 1 rings (SSSR count). The number of rotatable bonds is 5. The summed E-state index contributed by atoms with van der Waals surface area (Å²) in [6.07, 6.45) is 0. The highest BCUT2D eigenvalue weighted by atomic mass is 16.5. The summed E-state index contributed by atoms with van der Waals surface area (Å²) >= 11 is 0. The van der Waals surface area contributed by atoms with Crippen molar-refractivity contribution in [1.82, 2.24) is 10.2 Å². The van der Waals surface area contributed by atoms with Crippen LogP contribution in [0.5, 0.6) is 0 Å². The van der Waals surface area contributed by atoms with Gasteiger partial charge in [-0.05, 0) is 13.1 Å². The monoisotopic (exact) mass is 200 g/mol. The van der Waals surface area contributed by atoms with Crippen LogP contribution < -0.4 is 5.32 Å². The second-order valence-corrected chi connectivity index (χ2v) is 4.25. The fraction of sp³-hybridized carbons (Fsp3) is 1.00. The fourth-order valence-corrected chi connectivity index (χ4v) is 2.18. The highest BCUT2D eigenvalue weighted by Gasteiger charge is 2.31. The van der Waals surface area contributed by atoms with Crippen LogP contribution in [0.3, 0.4) is 0 Å². The molecule has 0 aromatic heterocycles. The van der Waals surface area contributed by atoms with Crippen molar-refractivity contribution in [3.8, 4) is 0 Å². The number of hydrogen-bond acceptors (Lipinski definition) is 3. The summed E-state index contributed by atoms with van der Waals surface area (Å²) in [5.41, 5.74) is 0. The maximum atomic E-state index is 5.55. The van der Waals surface area contributed by atoms with Crippen molar-refractivity contribution in [2.75, 3.05) is 26.3 Å². The summed E-state index contributed by atoms with van der Waals surface area (Å²) in [5.74, 6) is 0. The predicted octanol–water partition coefficient (Wildman–Crippen LogP) is 1.09. The van der Waals surface area contributed by atoms with Crippen LogP contribution in [0.1, 0.15) is 27.7 Å². The van der Waals surface area contributed by atoms with Gasteiger partial charge in [0.2, 0.25) is 0 Å². The van der Waals surface area contributed by atoms with Gasteiger partial charge in [-0.3, -0.25) is 4.90 Å². The molecule has 0 bridgehead atoms. The molecule has 0 saturated carbocycles. The van der Waals surface area contributed by atoms with Gasteiger partial charge in [0.25, 0.3) is 0 Å². The first-order valence-corrected chi connectivity index (χ1v) is 5.76. The zero-order valence-corrected chi connectivity index (χ0v) is 9.92. The van der Waals surface area contributed by atoms with Crippen LogP contribution >= 0.6 is 0 Å². The van der Waals surface area contributed by atoms with Crippen LogP contribution in [0.2, 0.25) is 0 Å². The minimum atomic E-state index is 0.509. The third-order valence-electron chi connectivity index (χ3n) is 2.88. The Balaban J connectivity index is 2.49. The molecule has 14 heavy (non-hydrogen) atoms. The molecule has 1 aliphatic heterocycles. The van der Waals surface area contributed by atoms with Gasteiger partial charge in [0.15, 0.2) is 0 Å². The summed E-state index contributed by atoms with van der Waals surface area (Å²) in [6.45, 7) is 12.8. The summed E-state index contributed by atoms with van der Waals surface area (Å²) in [7, 11) is 0. The van der Waals surface area contributed by atoms with Gasteiger partial charge in [-0.1, -0.05) is 27.7 Å². The van der Waals surface area contributed by atoms with E-state index in [1.807, 2.05) is 0 Å². The van der Waals surface area contributed by atoms with E-state index >= 15 is 0 Å². The molecule has 0 radical (unpaired) electrons. The summed E-state index contributed by atoms with van der Waals surface area (Å²) in [4.78, 5) is 2.48. The second-order valence-electron chi connectivity index (χ2n) is 4.25. The molecule has 3 nitrogen and oxygen atoms in total. The average Bonchev–Trinajstić information content (AvgIpc) is 2.55. The molecule has 1 aliphatic rings. The number of likely N-dealkylation sites (N-methyl/N-ethyl adjacent to an activating group) is 1. The molecule has 2 atom stereocenters. The molecule has 1 heterocycles. The molecule has 1 saturated heterocycles. The first kappa shape index (κ1) is 12.0. The van der Waals surface area contributed by atoms with Crippen LogP contribution in [-0.4, -0.2) is 49.3 Å². The normalized spacial score (nSPS) is 27.9. The SMILES string of the molecule is CCN(CC)[C@@H]1COC[C@H]1NC(C)C. The van der Waals surface area contributed by atoms with Crippen molar-refractivity contribution in [3.05, 3.63) is 0 Å². The van der Waals surface area contributed by atoms with Crippen molar-refractivity contribution in [3.63, 3.8) is 0 Å². The minimum absolute atomic E-state index is 0.509. The van der Waals surface area contributed by atoms with E-state index < -0.39 is 0 Å². The van der Waals surface area contributed by atoms with Gasteiger partial charge in [0, 0.05) is 12.1 Å². The zero-order chi connectivity index (χ0) is 10.6. The van der Waals surface area contributed by atoms with E-state index in [-0.39, 0.29) is 0 Å². The molecule has 0 aliphatic carbocycles. The zero-order valence-electron chi connectivity index (χ0n) is 9.92. The molecular weight excluding hydrogens is 176 g/mol. The van der Waals surface area contributed by atoms with Gasteiger partial charge in [-0.25, -0.2) is 0 Å². The maximum absolute atomic E-state index is 5.55. The molecule has 0 unspecified atom stereocenters. The van der Waals surface area contributed by atoms with Crippen LogP contribution in [0.15, 0.2) is 0 Å². The molecule has 0 amide bonds. The minimum Gasteiger partial charge on any atom is -0.378 e. The summed E-state index contributed by atoms with van der Waals surface area (Å²) in [5, 5.41) is 3.57. The molecule has 0 spiro atoms. The van der Waals surface area contributed by atoms with Gasteiger partial charge in [-0.2, -0.15) is 0 Å². The van der Waals surface area contributed by atoms with Crippen molar-refractivity contribution in [1.29, 1.82) is 0 Å². The number of hydrogen-bond donors (Lipinski definition) is 1. The molecule has 84 valence electrons. The van der Waals surface area contributed by atoms with E-state index in [1.54, 1.807) is 0 Å². The van der Waals surface area contributed by atoms with Crippen LogP contribution in [0, 0.1) is 0 Å². The van der Waals surface area contributed by atoms with Crippen molar-refractivity contribution in [2.24, 2.45) is 0 Å². The number of nitrogens with one attached hydrogen (secondary N) is 1. The largest absolute Gasteiger partial charge is 0.378 e. The Morgan fingerprint density at radius 3 is 2.43 bits per heavy atom. The highest BCUT2D eigenvalue weighted by Crippen LogP contribution is 2.13. The lowest BCUT2D eigenvalue weighted by atomic mass is 10.1. The first-order valence-electron chi connectivity index (χ1n) is 5.76. The Morgan fingerprint density at radius 2 is 1.93 bits per heavy atom. The van der Waals surface area contributed by atoms with Crippen LogP contribution in [0.4, 0.5) is 0 Å². The van der Waals surface area contributed by atoms with Crippen molar-refractivity contribution in [2.45, 2.75) is 45.8 Å². The molecule has 0 aromatic rings. The lowest BCUT2D eigenvalue weighted by molar-refractivity contribution is 0.150. The van der Waals surface area contributed by atoms with E-state index in [1.165, 1.54) is 0 Å². The predicted molar refractivity (Wildman–Crippen MR) is 59.6 cm³/mol. The van der Waals surface area contributed by atoms with E-state index in [4.69, 9.17) is 4.74 Å². The standard InChI is InChI=1S/C11H24N2O/c1-5-13(6-2)11-8-14-7-10(11)12-9(3)4/h9-12H,5-8H2,1-4H3/t10-,11-/m1/s1. The Hall–Kier alpha value is -0.120. The Bertz CT molecular complexity index is 157. The summed E-state index contributed by atoms with van der Waals surface area (Å²) < 4.78 is 5.55. The van der Waals surface area contributed by atoms with Crippen LogP contribution in [-0.2, 0) is 4.74 Å². The van der Waals surface area contributed by atoms with E-state index in [0.29, 0.717) is 18.1 Å². The number of ether oxygens (including phenoxy) is 1. The second kappa shape index (κ2) is 5.69. The summed E-state index contributed by atoms with van der Waals surface area (Å²) in [6, 6.07) is 1.61. The molecular formula is C11H24N2O. The third kappa shape index (κ3) is 2.94. The quantitative estimate of drug-likeness (QED) is 0.719. The Kier molecular flexibility index (Phi) is 4.85. The molecule has 1 fully saturated rings. The smallest absolute Gasteiger partial charge is 0.0638 e. The third-order valence-corrected chi connectivity index (χ3v) is 2.88. The van der Waals surface area contributed by atoms with E-state index in [0.717, 1.165) is 26.3 Å². The molecule has 0 aromatic carbocycles. The van der Waals surface area contributed by atoms with Gasteiger partial charge < -0.3 is 10.1 Å². The highest BCUT2D eigenvalue weighted by molar-refractivity contribution is 4.89. The Morgan fingerprint density at radius 1 is 1.29 bits per heavy atom. The van der Waals surface area contributed by atoms with Gasteiger partial charge in [0.1, 0.15) is 0 Å². The maximum Gasteiger partial charge on any atom is 0.0638 e. The topological polar surface area (TPSA) is 24.5 Å². The first-order chi connectivity index (χ1) is 6.69. The average molecular weight is 200 g/mol. The van der Waals surface area contributed by atoms with Gasteiger partial charge >= 0.3 is 0 Å². The van der Waals surface area contributed by atoms with Gasteiger partial charge in [0.05, 0.1) is 19.3 Å². The Labute approximate surface area is 87.8 Å². The van der Waals surface area contributed by atoms with E-state index in [9.17, 15) is 0 Å². The lowest BCUT2D eigenvalue weighted by Crippen LogP contribution is -2.51. The van der Waals surface area contributed by atoms with Crippen molar-refractivity contribution < 1.29 is 4.74 Å². The van der Waals surface area contributed by atoms with Crippen molar-refractivity contribution >= 4 is 0 Å². The van der Waals surface area contributed by atoms with Gasteiger partial charge in [-0.15, -0.1) is 0 Å². The lowest BCUT2D eigenvalue weighted by Gasteiger charge is -2.31. The number of nitrogens with zero attached hydrogens (tertiary/aromatic N) is 1.